The van der Waals surface area contributed by atoms with Crippen molar-refractivity contribution < 1.29 is 23.9 Å². The lowest BCUT2D eigenvalue weighted by Crippen LogP contribution is -2.52. The van der Waals surface area contributed by atoms with Crippen LogP contribution in [0.15, 0.2) is 52.7 Å². The van der Waals surface area contributed by atoms with Crippen molar-refractivity contribution in [1.29, 1.82) is 0 Å². The maximum absolute atomic E-state index is 13.0. The van der Waals surface area contributed by atoms with Crippen molar-refractivity contribution in [2.24, 2.45) is 16.0 Å². The monoisotopic (exact) mass is 520 g/mol. The van der Waals surface area contributed by atoms with Crippen LogP contribution >= 0.6 is 0 Å². The second-order valence-corrected chi connectivity index (χ2v) is 9.24. The topological polar surface area (TPSA) is 156 Å². The summed E-state index contributed by atoms with van der Waals surface area (Å²) in [4.78, 5) is 50.1. The highest BCUT2D eigenvalue weighted by molar-refractivity contribution is 6.06. The molecular formula is C27H32N6O5. The third kappa shape index (κ3) is 6.80. The highest BCUT2D eigenvalue weighted by atomic mass is 16.5. The number of carbonyl (C=O) groups is 4. The number of hydrogen-bond acceptors (Lipinski definition) is 8. The Bertz CT molecular complexity index is 1210. The van der Waals surface area contributed by atoms with Gasteiger partial charge in [0.2, 0.25) is 11.8 Å². The lowest BCUT2D eigenvalue weighted by atomic mass is 10.0. The van der Waals surface area contributed by atoms with Gasteiger partial charge in [0.25, 0.3) is 11.8 Å². The average Bonchev–Trinajstić information content (AvgIpc) is 3.25. The third-order valence-electron chi connectivity index (χ3n) is 6.49. The van der Waals surface area contributed by atoms with Gasteiger partial charge in [-0.3, -0.25) is 24.5 Å². The molecule has 38 heavy (non-hydrogen) atoms. The fourth-order valence-electron chi connectivity index (χ4n) is 4.43. The van der Waals surface area contributed by atoms with Gasteiger partial charge >= 0.3 is 0 Å². The molecule has 4 N–H and O–H groups in total. The van der Waals surface area contributed by atoms with Crippen LogP contribution in [0.5, 0.6) is 5.75 Å². The molecule has 4 rings (SSSR count). The Morgan fingerprint density at radius 3 is 2.61 bits per heavy atom. The van der Waals surface area contributed by atoms with E-state index in [1.54, 1.807) is 42.5 Å². The number of unbranched alkanes of at least 4 members (excludes halogenated alkanes) is 3. The Kier molecular flexibility index (Phi) is 9.15. The van der Waals surface area contributed by atoms with Crippen LogP contribution in [-0.4, -0.2) is 54.3 Å². The van der Waals surface area contributed by atoms with Gasteiger partial charge in [-0.2, -0.15) is 10.2 Å². The van der Waals surface area contributed by atoms with Crippen molar-refractivity contribution in [3.8, 4) is 5.75 Å². The van der Waals surface area contributed by atoms with Gasteiger partial charge in [-0.1, -0.05) is 18.9 Å². The number of nitrogens with two attached hydrogens (primary N) is 1. The molecule has 0 saturated carbocycles. The van der Waals surface area contributed by atoms with Crippen LogP contribution in [0.1, 0.15) is 54.4 Å². The van der Waals surface area contributed by atoms with E-state index in [-0.39, 0.29) is 37.3 Å². The lowest BCUT2D eigenvalue weighted by Gasteiger charge is -2.29. The molecule has 0 radical (unpaired) electrons. The van der Waals surface area contributed by atoms with Crippen molar-refractivity contribution in [3.05, 3.63) is 53.6 Å². The van der Waals surface area contributed by atoms with Gasteiger partial charge in [-0.15, -0.1) is 0 Å². The minimum atomic E-state index is -0.687. The molecule has 200 valence electrons. The molecule has 1 fully saturated rings. The third-order valence-corrected chi connectivity index (χ3v) is 6.49. The number of imide groups is 1. The first kappa shape index (κ1) is 26.9. The van der Waals surface area contributed by atoms with Gasteiger partial charge < -0.3 is 20.7 Å². The summed E-state index contributed by atoms with van der Waals surface area (Å²) in [6.07, 6.45) is 4.52. The van der Waals surface area contributed by atoms with Crippen molar-refractivity contribution in [3.63, 3.8) is 0 Å². The number of nitrogens with zero attached hydrogens (tertiary/aromatic N) is 3. The summed E-state index contributed by atoms with van der Waals surface area (Å²) in [6, 6.07) is 11.4. The summed E-state index contributed by atoms with van der Waals surface area (Å²) in [7, 11) is 0. The summed E-state index contributed by atoms with van der Waals surface area (Å²) in [5.41, 5.74) is 7.74. The van der Waals surface area contributed by atoms with Crippen molar-refractivity contribution in [2.45, 2.75) is 51.1 Å². The maximum atomic E-state index is 13.0. The minimum absolute atomic E-state index is 0.0719. The quantitative estimate of drug-likeness (QED) is 0.222. The SMILES string of the molecule is NCCCCCCNC(=O)COc1ccc(/N=N/c2cccc3c2CN(C2CCC(=O)NC2=O)C3=O)cc1. The molecule has 1 atom stereocenters. The number of benzene rings is 2. The maximum Gasteiger partial charge on any atom is 0.257 e. The Morgan fingerprint density at radius 2 is 1.84 bits per heavy atom. The molecule has 0 aromatic heterocycles. The predicted molar refractivity (Wildman–Crippen MR) is 139 cm³/mol. The molecule has 11 heteroatoms. The van der Waals surface area contributed by atoms with Crippen molar-refractivity contribution >= 4 is 35.0 Å². The first-order chi connectivity index (χ1) is 18.5. The molecular weight excluding hydrogens is 488 g/mol. The van der Waals surface area contributed by atoms with E-state index in [0.717, 1.165) is 25.7 Å². The van der Waals surface area contributed by atoms with Crippen LogP contribution in [0.3, 0.4) is 0 Å². The fourth-order valence-corrected chi connectivity index (χ4v) is 4.43. The molecule has 2 aliphatic rings. The summed E-state index contributed by atoms with van der Waals surface area (Å²) in [6.45, 7) is 1.46. The smallest absolute Gasteiger partial charge is 0.257 e. The van der Waals surface area contributed by atoms with Gasteiger partial charge in [0.1, 0.15) is 11.8 Å². The van der Waals surface area contributed by atoms with Crippen molar-refractivity contribution in [1.82, 2.24) is 15.5 Å². The second-order valence-electron chi connectivity index (χ2n) is 9.24. The zero-order valence-electron chi connectivity index (χ0n) is 21.2. The molecule has 2 aromatic rings. The Morgan fingerprint density at radius 1 is 1.05 bits per heavy atom. The first-order valence-electron chi connectivity index (χ1n) is 12.8. The molecule has 4 amide bonds. The Labute approximate surface area is 220 Å². The number of carbonyl (C=O) groups excluding carboxylic acids is 4. The number of piperidine rings is 1. The molecule has 2 heterocycles. The number of hydrogen-bond donors (Lipinski definition) is 3. The number of amides is 4. The molecule has 1 saturated heterocycles. The van der Waals surface area contributed by atoms with E-state index in [0.29, 0.717) is 47.8 Å². The van der Waals surface area contributed by atoms with Crippen molar-refractivity contribution in [2.75, 3.05) is 19.7 Å². The van der Waals surface area contributed by atoms with Gasteiger partial charge in [0.05, 0.1) is 11.4 Å². The zero-order valence-corrected chi connectivity index (χ0v) is 21.2. The van der Waals surface area contributed by atoms with E-state index < -0.39 is 11.9 Å². The molecule has 11 nitrogen and oxygen atoms in total. The van der Waals surface area contributed by atoms with E-state index in [9.17, 15) is 19.2 Å². The zero-order chi connectivity index (χ0) is 26.9. The Hall–Kier alpha value is -4.12. The van der Waals surface area contributed by atoms with E-state index in [1.807, 2.05) is 0 Å². The second kappa shape index (κ2) is 12.9. The average molecular weight is 521 g/mol. The van der Waals surface area contributed by atoms with Gasteiger partial charge in [0, 0.05) is 30.6 Å². The molecule has 2 aromatic carbocycles. The Balaban J connectivity index is 1.30. The van der Waals surface area contributed by atoms with Crippen LogP contribution in [-0.2, 0) is 20.9 Å². The number of azo groups is 1. The molecule has 1 unspecified atom stereocenters. The van der Waals surface area contributed by atoms with Crippen LogP contribution in [0.25, 0.3) is 0 Å². The van der Waals surface area contributed by atoms with Crippen LogP contribution in [0.2, 0.25) is 0 Å². The fraction of sp³-hybridized carbons (Fsp3) is 0.407. The number of fused-ring (bicyclic) bond motifs is 1. The normalized spacial score (nSPS) is 17.0. The molecule has 0 spiro atoms. The van der Waals surface area contributed by atoms with Crippen LogP contribution < -0.4 is 21.1 Å². The largest absolute Gasteiger partial charge is 0.484 e. The van der Waals surface area contributed by atoms with E-state index in [2.05, 4.69) is 20.9 Å². The summed E-state index contributed by atoms with van der Waals surface area (Å²) < 4.78 is 5.54. The van der Waals surface area contributed by atoms with Gasteiger partial charge in [0.15, 0.2) is 6.61 Å². The van der Waals surface area contributed by atoms with E-state index >= 15 is 0 Å². The molecule has 0 bridgehead atoms. The minimum Gasteiger partial charge on any atom is -0.484 e. The predicted octanol–water partition coefficient (Wildman–Crippen LogP) is 2.88. The standard InChI is InChI=1S/C27H32N6O5/c28-14-3-1-2-4-15-29-25(35)17-38-19-10-8-18(9-11-19)31-32-22-7-5-6-20-21(22)16-33(27(20)37)23-12-13-24(34)30-26(23)36/h5-11,23H,1-4,12-17,28H2,(H,29,35)(H,30,34,36)/b32-31+. The molecule has 2 aliphatic heterocycles. The van der Waals surface area contributed by atoms with Crippen LogP contribution in [0, 0.1) is 0 Å². The van der Waals surface area contributed by atoms with Gasteiger partial charge in [-0.05, 0) is 62.2 Å². The number of nitrogens with one attached hydrogen (secondary N) is 2. The van der Waals surface area contributed by atoms with E-state index in [1.165, 1.54) is 4.90 Å². The highest BCUT2D eigenvalue weighted by Gasteiger charge is 2.39. The molecule has 0 aliphatic carbocycles. The summed E-state index contributed by atoms with van der Waals surface area (Å²) >= 11 is 0. The highest BCUT2D eigenvalue weighted by Crippen LogP contribution is 2.34. The summed E-state index contributed by atoms with van der Waals surface area (Å²) in [5, 5.41) is 13.8. The lowest BCUT2D eigenvalue weighted by molar-refractivity contribution is -0.137. The van der Waals surface area contributed by atoms with Crippen LogP contribution in [0.4, 0.5) is 11.4 Å². The number of rotatable bonds is 12. The number of ether oxygens (including phenoxy) is 1. The van der Waals surface area contributed by atoms with E-state index in [4.69, 9.17) is 10.5 Å². The summed E-state index contributed by atoms with van der Waals surface area (Å²) in [5.74, 6) is -0.679. The van der Waals surface area contributed by atoms with Gasteiger partial charge in [-0.25, -0.2) is 0 Å². The first-order valence-corrected chi connectivity index (χ1v) is 12.8.